The van der Waals surface area contributed by atoms with E-state index < -0.39 is 0 Å². The first-order valence-corrected chi connectivity index (χ1v) is 8.61. The van der Waals surface area contributed by atoms with Gasteiger partial charge < -0.3 is 9.64 Å². The van der Waals surface area contributed by atoms with Gasteiger partial charge in [0.05, 0.1) is 19.7 Å². The van der Waals surface area contributed by atoms with Crippen molar-refractivity contribution >= 4 is 17.5 Å². The summed E-state index contributed by atoms with van der Waals surface area (Å²) in [5, 5.41) is 0.697. The molecule has 0 saturated carbocycles. The zero-order valence-electron chi connectivity index (χ0n) is 15.2. The molecule has 2 aromatic rings. The quantitative estimate of drug-likeness (QED) is 0.748. The minimum atomic E-state index is -0.00464. The monoisotopic (exact) mass is 360 g/mol. The maximum Gasteiger partial charge on any atom is 0.236 e. The van der Waals surface area contributed by atoms with Gasteiger partial charge in [0.1, 0.15) is 5.75 Å². The summed E-state index contributed by atoms with van der Waals surface area (Å²) in [7, 11) is 5.43. The van der Waals surface area contributed by atoms with Gasteiger partial charge in [-0.25, -0.2) is 0 Å². The molecule has 0 aliphatic rings. The Balaban J connectivity index is 1.94. The number of benzene rings is 2. The molecular formula is C20H25ClN2O2. The van der Waals surface area contributed by atoms with E-state index in [4.69, 9.17) is 16.3 Å². The normalized spacial score (nSPS) is 12.1. The molecule has 1 amide bonds. The smallest absolute Gasteiger partial charge is 0.236 e. The van der Waals surface area contributed by atoms with Gasteiger partial charge in [0.25, 0.3) is 0 Å². The number of hydrogen-bond donors (Lipinski definition) is 0. The molecule has 1 unspecified atom stereocenters. The molecule has 0 spiro atoms. The van der Waals surface area contributed by atoms with E-state index in [1.165, 1.54) is 0 Å². The average molecular weight is 361 g/mol. The van der Waals surface area contributed by atoms with Crippen LogP contribution >= 0.6 is 11.6 Å². The standard InChI is InChI=1S/C20H25ClN2O2/c1-15(17-8-10-18(21)11-9-17)23(3)20(24)14-22(2)13-16-6-5-7-19(12-16)25-4/h5-12,15H,13-14H2,1-4H3. The molecule has 0 aromatic heterocycles. The first-order chi connectivity index (χ1) is 11.9. The van der Waals surface area contributed by atoms with Crippen molar-refractivity contribution in [1.29, 1.82) is 0 Å². The van der Waals surface area contributed by atoms with Crippen molar-refractivity contribution < 1.29 is 9.53 Å². The second-order valence-corrected chi connectivity index (χ2v) is 6.69. The molecule has 0 radical (unpaired) electrons. The van der Waals surface area contributed by atoms with E-state index in [9.17, 15) is 4.79 Å². The second-order valence-electron chi connectivity index (χ2n) is 6.26. The summed E-state index contributed by atoms with van der Waals surface area (Å²) in [5.74, 6) is 0.901. The highest BCUT2D eigenvalue weighted by atomic mass is 35.5. The van der Waals surface area contributed by atoms with Crippen LogP contribution in [-0.4, -0.2) is 43.5 Å². The fourth-order valence-corrected chi connectivity index (χ4v) is 2.79. The Morgan fingerprint density at radius 2 is 1.84 bits per heavy atom. The van der Waals surface area contributed by atoms with Crippen LogP contribution in [0.2, 0.25) is 5.02 Å². The third kappa shape index (κ3) is 5.48. The number of carbonyl (C=O) groups is 1. The minimum Gasteiger partial charge on any atom is -0.497 e. The molecule has 4 nitrogen and oxygen atoms in total. The van der Waals surface area contributed by atoms with Crippen LogP contribution in [0.5, 0.6) is 5.75 Å². The van der Waals surface area contributed by atoms with Gasteiger partial charge in [0.2, 0.25) is 5.91 Å². The first kappa shape index (κ1) is 19.3. The fourth-order valence-electron chi connectivity index (χ4n) is 2.66. The zero-order valence-corrected chi connectivity index (χ0v) is 16.0. The third-order valence-electron chi connectivity index (χ3n) is 4.32. The zero-order chi connectivity index (χ0) is 18.4. The molecule has 0 bridgehead atoms. The summed E-state index contributed by atoms with van der Waals surface area (Å²) < 4.78 is 5.24. The number of carbonyl (C=O) groups excluding carboxylic acids is 1. The molecule has 0 aliphatic carbocycles. The Labute approximate surface area is 155 Å². The molecule has 0 fully saturated rings. The van der Waals surface area contributed by atoms with Gasteiger partial charge in [-0.2, -0.15) is 0 Å². The predicted octanol–water partition coefficient (Wildman–Crippen LogP) is 4.00. The van der Waals surface area contributed by atoms with E-state index in [1.807, 2.05) is 74.4 Å². The van der Waals surface area contributed by atoms with Gasteiger partial charge in [-0.15, -0.1) is 0 Å². The second kappa shape index (κ2) is 8.88. The SMILES string of the molecule is COc1cccc(CN(C)CC(=O)N(C)C(C)c2ccc(Cl)cc2)c1. The third-order valence-corrected chi connectivity index (χ3v) is 4.57. The van der Waals surface area contributed by atoms with Gasteiger partial charge in [0, 0.05) is 18.6 Å². The Bertz CT molecular complexity index is 703. The number of rotatable bonds is 7. The highest BCUT2D eigenvalue weighted by Crippen LogP contribution is 2.21. The van der Waals surface area contributed by atoms with Crippen LogP contribution in [0, 0.1) is 0 Å². The lowest BCUT2D eigenvalue weighted by atomic mass is 10.1. The number of amides is 1. The number of halogens is 1. The maximum atomic E-state index is 12.6. The summed E-state index contributed by atoms with van der Waals surface area (Å²) in [5.41, 5.74) is 2.18. The number of methoxy groups -OCH3 is 1. The molecule has 1 atom stereocenters. The molecule has 25 heavy (non-hydrogen) atoms. The van der Waals surface area contributed by atoms with Crippen LogP contribution in [0.15, 0.2) is 48.5 Å². The van der Waals surface area contributed by atoms with Crippen LogP contribution in [0.25, 0.3) is 0 Å². The van der Waals surface area contributed by atoms with Crippen LogP contribution < -0.4 is 4.74 Å². The molecule has 134 valence electrons. The molecule has 0 saturated heterocycles. The summed E-state index contributed by atoms with van der Waals surface area (Å²) in [4.78, 5) is 16.4. The van der Waals surface area contributed by atoms with E-state index in [0.717, 1.165) is 16.9 Å². The van der Waals surface area contributed by atoms with Crippen molar-refractivity contribution in [3.05, 3.63) is 64.7 Å². The topological polar surface area (TPSA) is 32.8 Å². The van der Waals surface area contributed by atoms with E-state index in [1.54, 1.807) is 12.0 Å². The van der Waals surface area contributed by atoms with Gasteiger partial charge in [0.15, 0.2) is 0 Å². The highest BCUT2D eigenvalue weighted by Gasteiger charge is 2.18. The van der Waals surface area contributed by atoms with Crippen LogP contribution in [0.3, 0.4) is 0 Å². The van der Waals surface area contributed by atoms with Gasteiger partial charge in [-0.3, -0.25) is 9.69 Å². The molecule has 0 heterocycles. The first-order valence-electron chi connectivity index (χ1n) is 8.23. The molecule has 0 N–H and O–H groups in total. The largest absolute Gasteiger partial charge is 0.497 e. The van der Waals surface area contributed by atoms with Gasteiger partial charge >= 0.3 is 0 Å². The number of likely N-dealkylation sites (N-methyl/N-ethyl adjacent to an activating group) is 2. The Morgan fingerprint density at radius 1 is 1.16 bits per heavy atom. The molecular weight excluding hydrogens is 336 g/mol. The van der Waals surface area contributed by atoms with Crippen molar-refractivity contribution in [2.24, 2.45) is 0 Å². The molecule has 5 heteroatoms. The number of hydrogen-bond acceptors (Lipinski definition) is 3. The van der Waals surface area contributed by atoms with Crippen LogP contribution in [-0.2, 0) is 11.3 Å². The van der Waals surface area contributed by atoms with Gasteiger partial charge in [-0.1, -0.05) is 35.9 Å². The molecule has 2 aromatic carbocycles. The summed E-state index contributed by atoms with van der Waals surface area (Å²) in [6.45, 7) is 3.06. The van der Waals surface area contributed by atoms with Crippen molar-refractivity contribution in [3.8, 4) is 5.75 Å². The van der Waals surface area contributed by atoms with E-state index >= 15 is 0 Å². The van der Waals surface area contributed by atoms with E-state index in [-0.39, 0.29) is 11.9 Å². The molecule has 2 rings (SSSR count). The lowest BCUT2D eigenvalue weighted by Crippen LogP contribution is -2.37. The lowest BCUT2D eigenvalue weighted by Gasteiger charge is -2.27. The number of nitrogens with zero attached hydrogens (tertiary/aromatic N) is 2. The van der Waals surface area contributed by atoms with Crippen molar-refractivity contribution in [3.63, 3.8) is 0 Å². The molecule has 0 aliphatic heterocycles. The Kier molecular flexibility index (Phi) is 6.85. The van der Waals surface area contributed by atoms with E-state index in [0.29, 0.717) is 18.1 Å². The fraction of sp³-hybridized carbons (Fsp3) is 0.350. The van der Waals surface area contributed by atoms with Crippen LogP contribution in [0.1, 0.15) is 24.1 Å². The minimum absolute atomic E-state index is 0.00464. The lowest BCUT2D eigenvalue weighted by molar-refractivity contribution is -0.132. The van der Waals surface area contributed by atoms with Crippen molar-refractivity contribution in [1.82, 2.24) is 9.80 Å². The summed E-state index contributed by atoms with van der Waals surface area (Å²) in [6.07, 6.45) is 0. The Hall–Kier alpha value is -2.04. The maximum absolute atomic E-state index is 12.6. The highest BCUT2D eigenvalue weighted by molar-refractivity contribution is 6.30. The summed E-state index contributed by atoms with van der Waals surface area (Å²) >= 11 is 5.93. The average Bonchev–Trinajstić information content (AvgIpc) is 2.61. The van der Waals surface area contributed by atoms with Gasteiger partial charge in [-0.05, 0) is 49.4 Å². The van der Waals surface area contributed by atoms with Crippen LogP contribution in [0.4, 0.5) is 0 Å². The number of ether oxygens (including phenoxy) is 1. The van der Waals surface area contributed by atoms with Crippen molar-refractivity contribution in [2.45, 2.75) is 19.5 Å². The van der Waals surface area contributed by atoms with E-state index in [2.05, 4.69) is 0 Å². The summed E-state index contributed by atoms with van der Waals surface area (Å²) in [6, 6.07) is 15.5. The predicted molar refractivity (Wildman–Crippen MR) is 102 cm³/mol. The Morgan fingerprint density at radius 3 is 2.48 bits per heavy atom. The van der Waals surface area contributed by atoms with Crippen molar-refractivity contribution in [2.75, 3.05) is 27.7 Å².